The van der Waals surface area contributed by atoms with Gasteiger partial charge in [0.2, 0.25) is 0 Å². The Labute approximate surface area is 199 Å². The molecule has 0 radical (unpaired) electrons. The van der Waals surface area contributed by atoms with Gasteiger partial charge in [-0.15, -0.1) is 0 Å². The van der Waals surface area contributed by atoms with Crippen molar-refractivity contribution >= 4 is 16.9 Å². The smallest absolute Gasteiger partial charge is 0.254 e. The average molecular weight is 468 g/mol. The van der Waals surface area contributed by atoms with E-state index in [1.54, 1.807) is 6.92 Å². The summed E-state index contributed by atoms with van der Waals surface area (Å²) in [5, 5.41) is 7.41. The lowest BCUT2D eigenvalue weighted by atomic mass is 9.79. The molecule has 1 atom stereocenters. The Kier molecular flexibility index (Phi) is 6.68. The molecule has 1 unspecified atom stereocenters. The predicted octanol–water partition coefficient (Wildman–Crippen LogP) is 5.06. The summed E-state index contributed by atoms with van der Waals surface area (Å²) in [6, 6.07) is 3.83. The van der Waals surface area contributed by atoms with Crippen LogP contribution in [-0.2, 0) is 0 Å². The zero-order valence-electron chi connectivity index (χ0n) is 19.8. The monoisotopic (exact) mass is 467 g/mol. The highest BCUT2D eigenvalue weighted by atomic mass is 19.1. The molecular formula is C26H34FN5O2. The third-order valence-electron chi connectivity index (χ3n) is 7.75. The Balaban J connectivity index is 1.60. The molecule has 8 heteroatoms. The molecule has 5 rings (SSSR count). The number of primary amides is 1. The van der Waals surface area contributed by atoms with Crippen molar-refractivity contribution in [2.24, 2.45) is 11.7 Å². The van der Waals surface area contributed by atoms with Crippen LogP contribution in [0.4, 0.5) is 4.39 Å². The van der Waals surface area contributed by atoms with E-state index in [2.05, 4.69) is 15.5 Å². The summed E-state index contributed by atoms with van der Waals surface area (Å²) < 4.78 is 21.4. The fraction of sp³-hybridized carbons (Fsp3) is 0.577. The highest BCUT2D eigenvalue weighted by Gasteiger charge is 2.36. The molecule has 1 amide bonds. The van der Waals surface area contributed by atoms with Crippen LogP contribution >= 0.6 is 0 Å². The molecule has 1 saturated heterocycles. The maximum atomic E-state index is 15.7. The summed E-state index contributed by atoms with van der Waals surface area (Å²) in [6.45, 7) is 3.53. The summed E-state index contributed by atoms with van der Waals surface area (Å²) in [5.41, 5.74) is 8.29. The highest BCUT2D eigenvalue weighted by Crippen LogP contribution is 2.41. The van der Waals surface area contributed by atoms with Crippen LogP contribution in [0.25, 0.3) is 11.0 Å². The Morgan fingerprint density at radius 2 is 1.82 bits per heavy atom. The number of hydrogen-bond acceptors (Lipinski definition) is 5. The minimum absolute atomic E-state index is 0.200. The van der Waals surface area contributed by atoms with Gasteiger partial charge in [-0.25, -0.2) is 9.37 Å². The molecule has 2 aliphatic rings. The maximum Gasteiger partial charge on any atom is 0.254 e. The Morgan fingerprint density at radius 3 is 2.53 bits per heavy atom. The van der Waals surface area contributed by atoms with Crippen molar-refractivity contribution in [1.82, 2.24) is 20.4 Å². The number of piperidine rings is 1. The average Bonchev–Trinajstić information content (AvgIpc) is 3.40. The van der Waals surface area contributed by atoms with Crippen LogP contribution in [0.2, 0.25) is 0 Å². The quantitative estimate of drug-likeness (QED) is 0.486. The van der Waals surface area contributed by atoms with E-state index in [-0.39, 0.29) is 23.6 Å². The minimum Gasteiger partial charge on any atom is -0.365 e. The largest absolute Gasteiger partial charge is 0.365 e. The van der Waals surface area contributed by atoms with Crippen LogP contribution in [0.1, 0.15) is 103 Å². The van der Waals surface area contributed by atoms with E-state index in [9.17, 15) is 4.79 Å². The van der Waals surface area contributed by atoms with Gasteiger partial charge in [-0.2, -0.15) is 0 Å². The molecule has 2 aromatic heterocycles. The number of halogens is 1. The molecule has 3 aromatic rings. The van der Waals surface area contributed by atoms with E-state index in [1.165, 1.54) is 19.3 Å². The number of H-pyrrole nitrogens is 1. The number of fused-ring (bicyclic) bond motifs is 1. The van der Waals surface area contributed by atoms with Gasteiger partial charge in [-0.1, -0.05) is 43.3 Å². The molecule has 182 valence electrons. The molecule has 1 aromatic carbocycles. The predicted molar refractivity (Wildman–Crippen MR) is 128 cm³/mol. The molecule has 1 aliphatic carbocycles. The first-order valence-electron chi connectivity index (χ1n) is 12.7. The van der Waals surface area contributed by atoms with E-state index < -0.39 is 5.91 Å². The Morgan fingerprint density at radius 1 is 1.12 bits per heavy atom. The molecular weight excluding hydrogens is 433 g/mol. The van der Waals surface area contributed by atoms with Crippen LogP contribution in [0.15, 0.2) is 16.7 Å². The fourth-order valence-electron chi connectivity index (χ4n) is 5.95. The number of nitrogens with one attached hydrogen (secondary N) is 2. The highest BCUT2D eigenvalue weighted by molar-refractivity contribution is 5.95. The minimum atomic E-state index is -0.555. The molecule has 2 fully saturated rings. The lowest BCUT2D eigenvalue weighted by Crippen LogP contribution is -2.27. The summed E-state index contributed by atoms with van der Waals surface area (Å²) in [5.74, 6) is 0.362. The van der Waals surface area contributed by atoms with E-state index in [0.717, 1.165) is 57.2 Å². The van der Waals surface area contributed by atoms with Crippen molar-refractivity contribution in [3.63, 3.8) is 0 Å². The van der Waals surface area contributed by atoms with Gasteiger partial charge < -0.3 is 20.6 Å². The van der Waals surface area contributed by atoms with Crippen molar-refractivity contribution in [1.29, 1.82) is 0 Å². The summed E-state index contributed by atoms with van der Waals surface area (Å²) in [6.07, 6.45) is 9.66. The molecule has 1 saturated carbocycles. The van der Waals surface area contributed by atoms with Gasteiger partial charge in [0.15, 0.2) is 11.6 Å². The zero-order valence-corrected chi connectivity index (χ0v) is 19.8. The SMILES string of the molecule is Cc1noc(C(c2nc3c(F)c(C4CCNCC4)ccc3[nH]2)C2CCCCCCC2)c1C(N)=O. The lowest BCUT2D eigenvalue weighted by molar-refractivity contribution is 0.0996. The van der Waals surface area contributed by atoms with Crippen LogP contribution in [0, 0.1) is 18.7 Å². The van der Waals surface area contributed by atoms with Gasteiger partial charge in [-0.05, 0) is 69.2 Å². The number of hydrogen-bond donors (Lipinski definition) is 3. The van der Waals surface area contributed by atoms with Crippen molar-refractivity contribution in [3.8, 4) is 0 Å². The number of nitrogens with zero attached hydrogens (tertiary/aromatic N) is 2. The maximum absolute atomic E-state index is 15.7. The Bertz CT molecular complexity index is 1160. The molecule has 3 heterocycles. The van der Waals surface area contributed by atoms with Crippen molar-refractivity contribution in [2.45, 2.75) is 76.5 Å². The molecule has 1 aliphatic heterocycles. The first kappa shape index (κ1) is 23.0. The molecule has 0 spiro atoms. The van der Waals surface area contributed by atoms with Gasteiger partial charge in [0, 0.05) is 0 Å². The van der Waals surface area contributed by atoms with E-state index in [1.807, 2.05) is 12.1 Å². The lowest BCUT2D eigenvalue weighted by Gasteiger charge is -2.26. The fourth-order valence-corrected chi connectivity index (χ4v) is 5.95. The first-order valence-corrected chi connectivity index (χ1v) is 12.7. The van der Waals surface area contributed by atoms with E-state index in [0.29, 0.717) is 33.9 Å². The second kappa shape index (κ2) is 9.86. The van der Waals surface area contributed by atoms with E-state index >= 15 is 4.39 Å². The summed E-state index contributed by atoms with van der Waals surface area (Å²) in [4.78, 5) is 20.5. The number of rotatable bonds is 5. The van der Waals surface area contributed by atoms with Crippen molar-refractivity contribution in [3.05, 3.63) is 46.4 Å². The van der Waals surface area contributed by atoms with Gasteiger partial charge in [0.05, 0.1) is 17.1 Å². The third-order valence-corrected chi connectivity index (χ3v) is 7.75. The van der Waals surface area contributed by atoms with Crippen molar-refractivity contribution in [2.75, 3.05) is 13.1 Å². The first-order chi connectivity index (χ1) is 16.5. The summed E-state index contributed by atoms with van der Waals surface area (Å²) >= 11 is 0. The normalized spacial score (nSPS) is 19.7. The van der Waals surface area contributed by atoms with Crippen LogP contribution in [-0.4, -0.2) is 34.1 Å². The molecule has 34 heavy (non-hydrogen) atoms. The number of aryl methyl sites for hydroxylation is 1. The molecule has 7 nitrogen and oxygen atoms in total. The number of carbonyl (C=O) groups is 1. The van der Waals surface area contributed by atoms with Crippen LogP contribution < -0.4 is 11.1 Å². The second-order valence-corrected chi connectivity index (χ2v) is 9.97. The molecule has 0 bridgehead atoms. The number of aromatic amines is 1. The number of aromatic nitrogens is 3. The van der Waals surface area contributed by atoms with Gasteiger partial charge in [0.1, 0.15) is 16.9 Å². The van der Waals surface area contributed by atoms with Crippen LogP contribution in [0.3, 0.4) is 0 Å². The van der Waals surface area contributed by atoms with Gasteiger partial charge in [0.25, 0.3) is 5.91 Å². The van der Waals surface area contributed by atoms with Crippen LogP contribution in [0.5, 0.6) is 0 Å². The summed E-state index contributed by atoms with van der Waals surface area (Å²) in [7, 11) is 0. The van der Waals surface area contributed by atoms with Gasteiger partial charge >= 0.3 is 0 Å². The van der Waals surface area contributed by atoms with E-state index in [4.69, 9.17) is 15.2 Å². The zero-order chi connectivity index (χ0) is 23.7. The number of imidazole rings is 1. The molecule has 4 N–H and O–H groups in total. The van der Waals surface area contributed by atoms with Gasteiger partial charge in [-0.3, -0.25) is 4.79 Å². The number of benzene rings is 1. The third kappa shape index (κ3) is 4.35. The second-order valence-electron chi connectivity index (χ2n) is 9.97. The number of carbonyl (C=O) groups excluding carboxylic acids is 1. The number of nitrogens with two attached hydrogens (primary N) is 1. The topological polar surface area (TPSA) is 110 Å². The Hall–Kier alpha value is -2.74. The number of amides is 1. The standard InChI is InChI=1S/C26H34FN5O2/c1-15-20(25(28)33)24(34-32-15)21(17-7-5-3-2-4-6-8-17)26-30-19-10-9-18(22(27)23(19)31-26)16-11-13-29-14-12-16/h9-10,16-17,21,29H,2-8,11-14H2,1H3,(H2,28,33)(H,30,31). The van der Waals surface area contributed by atoms with Crippen molar-refractivity contribution < 1.29 is 13.7 Å².